The first-order chi connectivity index (χ1) is 11.1. The maximum atomic E-state index is 12.6. The van der Waals surface area contributed by atoms with Crippen LogP contribution in [0.15, 0.2) is 42.5 Å². The fraction of sp³-hybridized carbons (Fsp3) is 0.235. The van der Waals surface area contributed by atoms with Crippen molar-refractivity contribution in [1.82, 2.24) is 4.90 Å². The number of rotatable bonds is 5. The van der Waals surface area contributed by atoms with Crippen molar-refractivity contribution in [3.63, 3.8) is 0 Å². The van der Waals surface area contributed by atoms with E-state index in [4.69, 9.17) is 4.74 Å². The number of amides is 1. The lowest BCUT2D eigenvalue weighted by Crippen LogP contribution is -2.26. The smallest absolute Gasteiger partial charge is 0.275 e. The van der Waals surface area contributed by atoms with Gasteiger partial charge in [0, 0.05) is 12.6 Å². The van der Waals surface area contributed by atoms with Crippen molar-refractivity contribution in [3.05, 3.63) is 69.3 Å². The van der Waals surface area contributed by atoms with Crippen LogP contribution < -0.4 is 4.74 Å². The molecule has 0 spiro atoms. The number of carbonyl (C=O) groups excluding carboxylic acids is 1. The molecule has 0 bridgehead atoms. The van der Waals surface area contributed by atoms with Crippen molar-refractivity contribution >= 4 is 11.6 Å². The molecule has 0 fully saturated rings. The summed E-state index contributed by atoms with van der Waals surface area (Å²) in [6.07, 6.45) is 0.705. The lowest BCUT2D eigenvalue weighted by Gasteiger charge is -2.15. The first kappa shape index (κ1) is 15.0. The van der Waals surface area contributed by atoms with Gasteiger partial charge in [-0.2, -0.15) is 0 Å². The van der Waals surface area contributed by atoms with Crippen LogP contribution in [0, 0.1) is 10.1 Å². The molecule has 1 aliphatic heterocycles. The number of ether oxygens (including phenoxy) is 1. The molecule has 1 amide bonds. The van der Waals surface area contributed by atoms with E-state index in [2.05, 4.69) is 0 Å². The molecule has 23 heavy (non-hydrogen) atoms. The predicted molar refractivity (Wildman–Crippen MR) is 84.5 cm³/mol. The Hall–Kier alpha value is -2.89. The van der Waals surface area contributed by atoms with Gasteiger partial charge in [-0.3, -0.25) is 14.9 Å². The highest BCUT2D eigenvalue weighted by Gasteiger charge is 2.36. The van der Waals surface area contributed by atoms with Crippen molar-refractivity contribution in [2.75, 3.05) is 13.7 Å². The van der Waals surface area contributed by atoms with E-state index in [0.717, 1.165) is 5.56 Å². The second kappa shape index (κ2) is 6.08. The van der Waals surface area contributed by atoms with Gasteiger partial charge in [0.2, 0.25) is 0 Å². The van der Waals surface area contributed by atoms with Gasteiger partial charge in [0.15, 0.2) is 0 Å². The number of hydrogen-bond acceptors (Lipinski definition) is 4. The van der Waals surface area contributed by atoms with Crippen LogP contribution in [0.1, 0.15) is 21.5 Å². The summed E-state index contributed by atoms with van der Waals surface area (Å²) in [6.45, 7) is 0.756. The number of fused-ring (bicyclic) bond motifs is 1. The largest absolute Gasteiger partial charge is 0.496 e. The van der Waals surface area contributed by atoms with E-state index < -0.39 is 4.92 Å². The van der Waals surface area contributed by atoms with E-state index in [1.807, 2.05) is 30.3 Å². The summed E-state index contributed by atoms with van der Waals surface area (Å²) in [4.78, 5) is 25.0. The number of benzene rings is 2. The summed E-state index contributed by atoms with van der Waals surface area (Å²) in [5.41, 5.74) is 1.84. The Kier molecular flexibility index (Phi) is 3.97. The molecule has 1 aliphatic rings. The minimum atomic E-state index is -0.452. The molecule has 1 heterocycles. The van der Waals surface area contributed by atoms with Gasteiger partial charge in [0.1, 0.15) is 5.75 Å². The van der Waals surface area contributed by atoms with Crippen LogP contribution in [0.25, 0.3) is 0 Å². The van der Waals surface area contributed by atoms with E-state index in [0.29, 0.717) is 29.8 Å². The average Bonchev–Trinajstić information content (AvgIpc) is 2.90. The van der Waals surface area contributed by atoms with Crippen molar-refractivity contribution in [1.29, 1.82) is 0 Å². The molecular formula is C17H16N2O4. The molecule has 6 nitrogen and oxygen atoms in total. The lowest BCUT2D eigenvalue weighted by molar-refractivity contribution is -0.385. The Morgan fingerprint density at radius 2 is 1.96 bits per heavy atom. The summed E-state index contributed by atoms with van der Waals surface area (Å²) < 4.78 is 5.20. The van der Waals surface area contributed by atoms with Gasteiger partial charge in [-0.15, -0.1) is 0 Å². The van der Waals surface area contributed by atoms with Crippen molar-refractivity contribution in [2.24, 2.45) is 0 Å². The molecule has 0 unspecified atom stereocenters. The van der Waals surface area contributed by atoms with Gasteiger partial charge < -0.3 is 9.64 Å². The van der Waals surface area contributed by atoms with Gasteiger partial charge in [-0.05, 0) is 18.1 Å². The van der Waals surface area contributed by atoms with Crippen LogP contribution in [0.2, 0.25) is 0 Å². The molecule has 0 saturated heterocycles. The standard InChI is InChI=1S/C17H16N2O4/c1-23-15-8-7-14(19(21)22)13-11-18(17(20)16(13)15)10-9-12-5-3-2-4-6-12/h2-8H,9-11H2,1H3. The van der Waals surface area contributed by atoms with Crippen LogP contribution in [0.5, 0.6) is 5.75 Å². The normalized spacial score (nSPS) is 13.1. The zero-order valence-corrected chi connectivity index (χ0v) is 12.7. The molecule has 0 N–H and O–H groups in total. The van der Waals surface area contributed by atoms with E-state index >= 15 is 0 Å². The molecule has 118 valence electrons. The van der Waals surface area contributed by atoms with Crippen molar-refractivity contribution in [3.8, 4) is 5.75 Å². The lowest BCUT2D eigenvalue weighted by atomic mass is 10.1. The summed E-state index contributed by atoms with van der Waals surface area (Å²) in [5, 5.41) is 11.2. The molecule has 0 radical (unpaired) electrons. The highest BCUT2D eigenvalue weighted by Crippen LogP contribution is 2.37. The van der Waals surface area contributed by atoms with Crippen LogP contribution >= 0.6 is 0 Å². The number of nitrogens with zero attached hydrogens (tertiary/aromatic N) is 2. The summed E-state index contributed by atoms with van der Waals surface area (Å²) in [6, 6.07) is 12.7. The van der Waals surface area contributed by atoms with Gasteiger partial charge in [-0.25, -0.2) is 0 Å². The quantitative estimate of drug-likeness (QED) is 0.628. The van der Waals surface area contributed by atoms with E-state index in [-0.39, 0.29) is 18.1 Å². The third-order valence-electron chi connectivity index (χ3n) is 4.03. The monoisotopic (exact) mass is 312 g/mol. The number of nitro groups is 1. The van der Waals surface area contributed by atoms with Gasteiger partial charge in [0.05, 0.1) is 29.7 Å². The fourth-order valence-corrected chi connectivity index (χ4v) is 2.86. The van der Waals surface area contributed by atoms with Crippen LogP contribution in [0.4, 0.5) is 5.69 Å². The van der Waals surface area contributed by atoms with Crippen molar-refractivity contribution in [2.45, 2.75) is 13.0 Å². The molecule has 0 atom stereocenters. The Bertz CT molecular complexity index is 759. The van der Waals surface area contributed by atoms with Gasteiger partial charge >= 0.3 is 0 Å². The van der Waals surface area contributed by atoms with E-state index in [1.54, 1.807) is 4.90 Å². The minimum Gasteiger partial charge on any atom is -0.496 e. The zero-order chi connectivity index (χ0) is 16.4. The zero-order valence-electron chi connectivity index (χ0n) is 12.7. The molecule has 0 aromatic heterocycles. The fourth-order valence-electron chi connectivity index (χ4n) is 2.86. The maximum absolute atomic E-state index is 12.6. The molecule has 2 aromatic carbocycles. The van der Waals surface area contributed by atoms with Crippen LogP contribution in [0.3, 0.4) is 0 Å². The third-order valence-corrected chi connectivity index (χ3v) is 4.03. The Balaban J connectivity index is 1.86. The SMILES string of the molecule is COc1ccc([N+](=O)[O-])c2c1C(=O)N(CCc1ccccc1)C2. The molecule has 0 aliphatic carbocycles. The molecule has 2 aromatic rings. The van der Waals surface area contributed by atoms with Gasteiger partial charge in [0.25, 0.3) is 11.6 Å². The molecular weight excluding hydrogens is 296 g/mol. The first-order valence-electron chi connectivity index (χ1n) is 7.29. The average molecular weight is 312 g/mol. The Morgan fingerprint density at radius 1 is 1.22 bits per heavy atom. The summed E-state index contributed by atoms with van der Waals surface area (Å²) in [7, 11) is 1.46. The van der Waals surface area contributed by atoms with Crippen molar-refractivity contribution < 1.29 is 14.5 Å². The second-order valence-corrected chi connectivity index (χ2v) is 5.36. The Labute approximate surface area is 133 Å². The highest BCUT2D eigenvalue weighted by atomic mass is 16.6. The Morgan fingerprint density at radius 3 is 2.61 bits per heavy atom. The predicted octanol–water partition coefficient (Wildman–Crippen LogP) is 2.80. The maximum Gasteiger partial charge on any atom is 0.275 e. The highest BCUT2D eigenvalue weighted by molar-refractivity contribution is 6.02. The topological polar surface area (TPSA) is 72.7 Å². The molecule has 3 rings (SSSR count). The number of hydrogen-bond donors (Lipinski definition) is 0. The van der Waals surface area contributed by atoms with Crippen LogP contribution in [-0.2, 0) is 13.0 Å². The first-order valence-corrected chi connectivity index (χ1v) is 7.29. The van der Waals surface area contributed by atoms with Crippen LogP contribution in [-0.4, -0.2) is 29.4 Å². The van der Waals surface area contributed by atoms with E-state index in [9.17, 15) is 14.9 Å². The molecule has 0 saturated carbocycles. The number of carbonyl (C=O) groups is 1. The van der Waals surface area contributed by atoms with Gasteiger partial charge in [-0.1, -0.05) is 30.3 Å². The van der Waals surface area contributed by atoms with E-state index in [1.165, 1.54) is 19.2 Å². The second-order valence-electron chi connectivity index (χ2n) is 5.36. The summed E-state index contributed by atoms with van der Waals surface area (Å²) in [5.74, 6) is 0.175. The summed E-state index contributed by atoms with van der Waals surface area (Å²) >= 11 is 0. The number of nitro benzene ring substituents is 1. The molecule has 6 heteroatoms. The third kappa shape index (κ3) is 2.75. The number of methoxy groups -OCH3 is 1. The minimum absolute atomic E-state index is 0.0311.